The maximum absolute atomic E-state index is 13.7. The zero-order valence-electron chi connectivity index (χ0n) is 15.1. The Morgan fingerprint density at radius 1 is 1.11 bits per heavy atom. The summed E-state index contributed by atoms with van der Waals surface area (Å²) in [6, 6.07) is 13.2. The number of nitrogens with one attached hydrogen (secondary N) is 1. The molecule has 146 valence electrons. The lowest BCUT2D eigenvalue weighted by Crippen LogP contribution is -2.32. The second-order valence-corrected chi connectivity index (χ2v) is 6.77. The lowest BCUT2D eigenvalue weighted by Gasteiger charge is -2.10. The fourth-order valence-electron chi connectivity index (χ4n) is 2.47. The molecule has 0 unspecified atom stereocenters. The zero-order chi connectivity index (χ0) is 19.9. The first-order chi connectivity index (χ1) is 13.6. The highest BCUT2D eigenvalue weighted by molar-refractivity contribution is 7.20. The molecule has 0 aliphatic heterocycles. The fraction of sp³-hybridized carbons (Fsp3) is 0.200. The number of para-hydroxylation sites is 2. The molecule has 1 N–H and O–H groups in total. The van der Waals surface area contributed by atoms with Crippen molar-refractivity contribution in [3.8, 4) is 11.5 Å². The van der Waals surface area contributed by atoms with Gasteiger partial charge in [0.15, 0.2) is 18.1 Å². The first kappa shape index (κ1) is 19.6. The van der Waals surface area contributed by atoms with Crippen molar-refractivity contribution in [2.24, 2.45) is 0 Å². The monoisotopic (exact) mass is 403 g/mol. The molecule has 0 spiro atoms. The van der Waals surface area contributed by atoms with Gasteiger partial charge < -0.3 is 19.5 Å². The predicted octanol–water partition coefficient (Wildman–Crippen LogP) is 3.40. The summed E-state index contributed by atoms with van der Waals surface area (Å²) >= 11 is 1.12. The third-order valence-corrected chi connectivity index (χ3v) is 4.88. The summed E-state index contributed by atoms with van der Waals surface area (Å²) in [6.07, 6.45) is 0. The standard InChI is InChI=1S/C20H18FNO5S/c1-25-15-6-2-3-7-16(15)26-10-9-22-19(23)12-27-20(24)18-11-13-14(21)5-4-8-17(13)28-18/h2-8,11H,9-10,12H2,1H3,(H,22,23). The highest BCUT2D eigenvalue weighted by Gasteiger charge is 2.15. The molecule has 3 rings (SSSR count). The summed E-state index contributed by atoms with van der Waals surface area (Å²) < 4.78 is 30.0. The number of amides is 1. The molecule has 1 amide bonds. The van der Waals surface area contributed by atoms with E-state index in [1.165, 1.54) is 12.1 Å². The quantitative estimate of drug-likeness (QED) is 0.461. The van der Waals surface area contributed by atoms with Crippen molar-refractivity contribution in [3.63, 3.8) is 0 Å². The van der Waals surface area contributed by atoms with E-state index in [4.69, 9.17) is 14.2 Å². The van der Waals surface area contributed by atoms with Crippen LogP contribution in [0, 0.1) is 5.82 Å². The molecule has 0 radical (unpaired) electrons. The molecule has 0 atom stereocenters. The van der Waals surface area contributed by atoms with E-state index in [-0.39, 0.29) is 18.0 Å². The van der Waals surface area contributed by atoms with E-state index in [0.717, 1.165) is 11.3 Å². The number of halogens is 1. The Hall–Kier alpha value is -3.13. The largest absolute Gasteiger partial charge is 0.493 e. The van der Waals surface area contributed by atoms with Crippen LogP contribution in [0.15, 0.2) is 48.5 Å². The minimum Gasteiger partial charge on any atom is -0.493 e. The van der Waals surface area contributed by atoms with E-state index in [1.807, 2.05) is 12.1 Å². The summed E-state index contributed by atoms with van der Waals surface area (Å²) in [6.45, 7) is 0.0440. The number of esters is 1. The maximum Gasteiger partial charge on any atom is 0.348 e. The molecule has 1 aromatic heterocycles. The number of rotatable bonds is 8. The maximum atomic E-state index is 13.7. The van der Waals surface area contributed by atoms with E-state index >= 15 is 0 Å². The molecular weight excluding hydrogens is 385 g/mol. The number of methoxy groups -OCH3 is 1. The lowest BCUT2D eigenvalue weighted by atomic mass is 10.2. The molecule has 28 heavy (non-hydrogen) atoms. The van der Waals surface area contributed by atoms with Crippen molar-refractivity contribution >= 4 is 33.3 Å². The average molecular weight is 403 g/mol. The van der Waals surface area contributed by atoms with Crippen molar-refractivity contribution in [2.75, 3.05) is 26.9 Å². The van der Waals surface area contributed by atoms with Gasteiger partial charge in [-0.3, -0.25) is 4.79 Å². The van der Waals surface area contributed by atoms with Crippen LogP contribution in [0.2, 0.25) is 0 Å². The number of hydrogen-bond donors (Lipinski definition) is 1. The van der Waals surface area contributed by atoms with Gasteiger partial charge in [0.1, 0.15) is 17.3 Å². The summed E-state index contributed by atoms with van der Waals surface area (Å²) in [5.74, 6) is -0.351. The molecule has 8 heteroatoms. The summed E-state index contributed by atoms with van der Waals surface area (Å²) in [4.78, 5) is 24.1. The number of carbonyl (C=O) groups excluding carboxylic acids is 2. The van der Waals surface area contributed by atoms with Gasteiger partial charge in [0.2, 0.25) is 0 Å². The van der Waals surface area contributed by atoms with Crippen LogP contribution in [-0.4, -0.2) is 38.7 Å². The summed E-state index contributed by atoms with van der Waals surface area (Å²) in [7, 11) is 1.54. The van der Waals surface area contributed by atoms with Crippen LogP contribution in [0.3, 0.4) is 0 Å². The number of thiophene rings is 1. The lowest BCUT2D eigenvalue weighted by molar-refractivity contribution is -0.124. The Bertz CT molecular complexity index is 988. The Kier molecular flexibility index (Phi) is 6.44. The van der Waals surface area contributed by atoms with Crippen LogP contribution in [0.25, 0.3) is 10.1 Å². The van der Waals surface area contributed by atoms with Gasteiger partial charge in [0.25, 0.3) is 5.91 Å². The molecule has 1 heterocycles. The van der Waals surface area contributed by atoms with Crippen LogP contribution < -0.4 is 14.8 Å². The van der Waals surface area contributed by atoms with Gasteiger partial charge in [-0.05, 0) is 30.3 Å². The Balaban J connectivity index is 1.42. The molecule has 0 bridgehead atoms. The molecule has 3 aromatic rings. The molecule has 0 saturated carbocycles. The van der Waals surface area contributed by atoms with E-state index < -0.39 is 24.3 Å². The second kappa shape index (κ2) is 9.18. The molecule has 0 aliphatic carbocycles. The topological polar surface area (TPSA) is 73.9 Å². The molecule has 0 fully saturated rings. The highest BCUT2D eigenvalue weighted by atomic mass is 32.1. The van der Waals surface area contributed by atoms with Crippen molar-refractivity contribution in [3.05, 3.63) is 59.2 Å². The van der Waals surface area contributed by atoms with Gasteiger partial charge in [-0.1, -0.05) is 18.2 Å². The van der Waals surface area contributed by atoms with Gasteiger partial charge in [-0.15, -0.1) is 11.3 Å². The van der Waals surface area contributed by atoms with Crippen LogP contribution in [0.1, 0.15) is 9.67 Å². The molecular formula is C20H18FNO5S. The smallest absolute Gasteiger partial charge is 0.348 e. The number of ether oxygens (including phenoxy) is 3. The number of benzene rings is 2. The van der Waals surface area contributed by atoms with Gasteiger partial charge in [-0.25, -0.2) is 9.18 Å². The molecule has 2 aromatic carbocycles. The predicted molar refractivity (Wildman–Crippen MR) is 104 cm³/mol. The van der Waals surface area contributed by atoms with Crippen LogP contribution in [0.5, 0.6) is 11.5 Å². The van der Waals surface area contributed by atoms with Gasteiger partial charge >= 0.3 is 5.97 Å². The Morgan fingerprint density at radius 3 is 2.64 bits per heavy atom. The minimum atomic E-state index is -0.666. The second-order valence-electron chi connectivity index (χ2n) is 5.69. The fourth-order valence-corrected chi connectivity index (χ4v) is 3.44. The first-order valence-corrected chi connectivity index (χ1v) is 9.28. The van der Waals surface area contributed by atoms with E-state index in [0.29, 0.717) is 21.6 Å². The number of carbonyl (C=O) groups is 2. The van der Waals surface area contributed by atoms with Crippen molar-refractivity contribution in [2.45, 2.75) is 0 Å². The number of fused-ring (bicyclic) bond motifs is 1. The van der Waals surface area contributed by atoms with Crippen molar-refractivity contribution in [1.29, 1.82) is 0 Å². The summed E-state index contributed by atoms with van der Waals surface area (Å²) in [5, 5.41) is 2.95. The summed E-state index contributed by atoms with van der Waals surface area (Å²) in [5.41, 5.74) is 0. The van der Waals surface area contributed by atoms with Crippen molar-refractivity contribution < 1.29 is 28.2 Å². The molecule has 0 aliphatic rings. The third kappa shape index (κ3) is 4.77. The average Bonchev–Trinajstić information content (AvgIpc) is 3.15. The third-order valence-electron chi connectivity index (χ3n) is 3.79. The van der Waals surface area contributed by atoms with Gasteiger partial charge in [0, 0.05) is 10.1 Å². The molecule has 0 saturated heterocycles. The van der Waals surface area contributed by atoms with E-state index in [9.17, 15) is 14.0 Å². The van der Waals surface area contributed by atoms with E-state index in [1.54, 1.807) is 31.4 Å². The zero-order valence-corrected chi connectivity index (χ0v) is 15.9. The van der Waals surface area contributed by atoms with E-state index in [2.05, 4.69) is 5.32 Å². The van der Waals surface area contributed by atoms with Crippen molar-refractivity contribution in [1.82, 2.24) is 5.32 Å². The van der Waals surface area contributed by atoms with Gasteiger partial charge in [-0.2, -0.15) is 0 Å². The minimum absolute atomic E-state index is 0.232. The molecule has 6 nitrogen and oxygen atoms in total. The normalized spacial score (nSPS) is 10.5. The van der Waals surface area contributed by atoms with Crippen LogP contribution >= 0.6 is 11.3 Å². The number of hydrogen-bond acceptors (Lipinski definition) is 6. The Morgan fingerprint density at radius 2 is 1.89 bits per heavy atom. The highest BCUT2D eigenvalue weighted by Crippen LogP contribution is 2.28. The SMILES string of the molecule is COc1ccccc1OCCNC(=O)COC(=O)c1cc2c(F)cccc2s1. The Labute approximate surface area is 164 Å². The van der Waals surface area contributed by atoms with Crippen LogP contribution in [-0.2, 0) is 9.53 Å². The van der Waals surface area contributed by atoms with Crippen LogP contribution in [0.4, 0.5) is 4.39 Å². The first-order valence-electron chi connectivity index (χ1n) is 8.46. The van der Waals surface area contributed by atoms with Gasteiger partial charge in [0.05, 0.1) is 13.7 Å².